The minimum absolute atomic E-state index is 0.161. The fraction of sp³-hybridized carbons (Fsp3) is 0.857. The summed E-state index contributed by atoms with van der Waals surface area (Å²) >= 11 is 0. The van der Waals surface area contributed by atoms with Gasteiger partial charge in [0.1, 0.15) is 0 Å². The van der Waals surface area contributed by atoms with Crippen LogP contribution in [0.1, 0.15) is 12.8 Å². The topological polar surface area (TPSA) is 47.1 Å². The standard InChI is InChI=1S/C14H26N4O2/c1-15(2)13(19)9-17-7-12-6-5-11(17)8-18(12)10-14(20)16(3)4/h11-12H,5-10H2,1-4H3. The molecular formula is C14H26N4O2. The first kappa shape index (κ1) is 15.3. The second-order valence-electron chi connectivity index (χ2n) is 6.32. The van der Waals surface area contributed by atoms with Crippen LogP contribution in [0.15, 0.2) is 0 Å². The van der Waals surface area contributed by atoms with Crippen molar-refractivity contribution in [3.63, 3.8) is 0 Å². The Morgan fingerprint density at radius 2 is 1.20 bits per heavy atom. The summed E-state index contributed by atoms with van der Waals surface area (Å²) in [7, 11) is 7.19. The van der Waals surface area contributed by atoms with Gasteiger partial charge in [-0.1, -0.05) is 0 Å². The lowest BCUT2D eigenvalue weighted by Crippen LogP contribution is -2.64. The number of piperidine rings is 2. The highest BCUT2D eigenvalue weighted by molar-refractivity contribution is 5.78. The van der Waals surface area contributed by atoms with Gasteiger partial charge in [0.15, 0.2) is 0 Å². The van der Waals surface area contributed by atoms with E-state index in [0.29, 0.717) is 25.2 Å². The van der Waals surface area contributed by atoms with E-state index in [2.05, 4.69) is 9.80 Å². The van der Waals surface area contributed by atoms with Gasteiger partial charge in [-0.2, -0.15) is 0 Å². The molecule has 2 unspecified atom stereocenters. The highest BCUT2D eigenvalue weighted by atomic mass is 16.2. The van der Waals surface area contributed by atoms with Crippen molar-refractivity contribution in [1.29, 1.82) is 0 Å². The number of rotatable bonds is 4. The lowest BCUT2D eigenvalue weighted by Gasteiger charge is -2.51. The molecule has 3 heterocycles. The summed E-state index contributed by atoms with van der Waals surface area (Å²) in [6.07, 6.45) is 2.27. The van der Waals surface area contributed by atoms with Crippen LogP contribution in [0.4, 0.5) is 0 Å². The number of carbonyl (C=O) groups excluding carboxylic acids is 2. The third-order valence-corrected chi connectivity index (χ3v) is 4.43. The van der Waals surface area contributed by atoms with Crippen LogP contribution >= 0.6 is 0 Å². The van der Waals surface area contributed by atoms with Crippen LogP contribution in [0.25, 0.3) is 0 Å². The van der Waals surface area contributed by atoms with Gasteiger partial charge in [-0.05, 0) is 12.8 Å². The molecule has 2 atom stereocenters. The van der Waals surface area contributed by atoms with Crippen molar-refractivity contribution in [1.82, 2.24) is 19.6 Å². The van der Waals surface area contributed by atoms with Crippen LogP contribution in [0.3, 0.4) is 0 Å². The van der Waals surface area contributed by atoms with Crippen LogP contribution < -0.4 is 0 Å². The van der Waals surface area contributed by atoms with Gasteiger partial charge in [-0.3, -0.25) is 19.4 Å². The van der Waals surface area contributed by atoms with Crippen molar-refractivity contribution in [2.75, 3.05) is 54.4 Å². The van der Waals surface area contributed by atoms with Crippen LogP contribution in [-0.4, -0.2) is 97.9 Å². The quantitative estimate of drug-likeness (QED) is 0.685. The van der Waals surface area contributed by atoms with Crippen LogP contribution in [0.2, 0.25) is 0 Å². The summed E-state index contributed by atoms with van der Waals surface area (Å²) in [5.74, 6) is 0.321. The van der Waals surface area contributed by atoms with Crippen LogP contribution in [0.5, 0.6) is 0 Å². The number of fused-ring (bicyclic) bond motifs is 3. The zero-order valence-electron chi connectivity index (χ0n) is 13.0. The lowest BCUT2D eigenvalue weighted by atomic mass is 9.90. The molecule has 2 bridgehead atoms. The number of carbonyl (C=O) groups is 2. The molecule has 0 N–H and O–H groups in total. The molecule has 20 heavy (non-hydrogen) atoms. The van der Waals surface area contributed by atoms with Crippen molar-refractivity contribution in [2.45, 2.75) is 24.9 Å². The minimum atomic E-state index is 0.161. The number of hydrogen-bond donors (Lipinski definition) is 0. The van der Waals surface area contributed by atoms with Gasteiger partial charge >= 0.3 is 0 Å². The zero-order chi connectivity index (χ0) is 14.9. The highest BCUT2D eigenvalue weighted by Gasteiger charge is 2.40. The van der Waals surface area contributed by atoms with Crippen molar-refractivity contribution in [3.05, 3.63) is 0 Å². The Balaban J connectivity index is 1.91. The summed E-state index contributed by atoms with van der Waals surface area (Å²) in [6, 6.07) is 0.831. The lowest BCUT2D eigenvalue weighted by molar-refractivity contribution is -0.137. The molecule has 0 saturated carbocycles. The van der Waals surface area contributed by atoms with Gasteiger partial charge in [0.2, 0.25) is 11.8 Å². The van der Waals surface area contributed by atoms with E-state index < -0.39 is 0 Å². The SMILES string of the molecule is CN(C)C(=O)CN1CC2CCC1CN2CC(=O)N(C)C. The maximum Gasteiger partial charge on any atom is 0.236 e. The molecule has 114 valence electrons. The molecule has 6 heteroatoms. The summed E-state index contributed by atoms with van der Waals surface area (Å²) in [6.45, 7) is 2.82. The van der Waals surface area contributed by atoms with E-state index in [-0.39, 0.29) is 11.8 Å². The van der Waals surface area contributed by atoms with Gasteiger partial charge in [0, 0.05) is 53.4 Å². The summed E-state index contributed by atoms with van der Waals surface area (Å²) in [4.78, 5) is 31.6. The second-order valence-corrected chi connectivity index (χ2v) is 6.32. The van der Waals surface area contributed by atoms with E-state index in [1.54, 1.807) is 38.0 Å². The molecule has 6 nitrogen and oxygen atoms in total. The van der Waals surface area contributed by atoms with Gasteiger partial charge in [-0.25, -0.2) is 0 Å². The molecule has 2 amide bonds. The minimum Gasteiger partial charge on any atom is -0.348 e. The smallest absolute Gasteiger partial charge is 0.236 e. The largest absolute Gasteiger partial charge is 0.348 e. The molecule has 0 radical (unpaired) electrons. The fourth-order valence-electron chi connectivity index (χ4n) is 3.02. The Morgan fingerprint density at radius 1 is 0.850 bits per heavy atom. The molecule has 3 saturated heterocycles. The maximum atomic E-state index is 11.8. The normalized spacial score (nSPS) is 26.6. The average Bonchev–Trinajstić information content (AvgIpc) is 2.39. The molecule has 0 aromatic heterocycles. The van der Waals surface area contributed by atoms with Crippen LogP contribution in [0, 0.1) is 0 Å². The van der Waals surface area contributed by atoms with E-state index in [1.807, 2.05) is 0 Å². The summed E-state index contributed by atoms with van der Waals surface area (Å²) < 4.78 is 0. The average molecular weight is 282 g/mol. The first-order chi connectivity index (χ1) is 9.38. The number of likely N-dealkylation sites (N-methyl/N-ethyl adjacent to an activating group) is 2. The van der Waals surface area contributed by atoms with Crippen molar-refractivity contribution in [3.8, 4) is 0 Å². The molecular weight excluding hydrogens is 256 g/mol. The van der Waals surface area contributed by atoms with E-state index >= 15 is 0 Å². The Labute approximate surface area is 121 Å². The molecule has 3 fully saturated rings. The Hall–Kier alpha value is -1.14. The van der Waals surface area contributed by atoms with Crippen molar-refractivity contribution in [2.24, 2.45) is 0 Å². The monoisotopic (exact) mass is 282 g/mol. The zero-order valence-corrected chi connectivity index (χ0v) is 13.0. The van der Waals surface area contributed by atoms with Crippen molar-refractivity contribution >= 4 is 11.8 Å². The molecule has 3 aliphatic rings. The van der Waals surface area contributed by atoms with Gasteiger partial charge in [-0.15, -0.1) is 0 Å². The Kier molecular flexibility index (Phi) is 4.65. The second kappa shape index (κ2) is 6.10. The Morgan fingerprint density at radius 3 is 1.45 bits per heavy atom. The van der Waals surface area contributed by atoms with Gasteiger partial charge in [0.25, 0.3) is 0 Å². The van der Waals surface area contributed by atoms with E-state index in [0.717, 1.165) is 25.9 Å². The highest BCUT2D eigenvalue weighted by Crippen LogP contribution is 2.28. The van der Waals surface area contributed by atoms with E-state index in [9.17, 15) is 9.59 Å². The molecule has 3 aliphatic heterocycles. The van der Waals surface area contributed by atoms with E-state index in [4.69, 9.17) is 0 Å². The number of amides is 2. The van der Waals surface area contributed by atoms with Crippen LogP contribution in [-0.2, 0) is 9.59 Å². The van der Waals surface area contributed by atoms with Gasteiger partial charge < -0.3 is 9.80 Å². The Bertz CT molecular complexity index is 347. The number of nitrogens with zero attached hydrogens (tertiary/aromatic N) is 4. The third kappa shape index (κ3) is 3.30. The number of piperazine rings is 1. The summed E-state index contributed by atoms with van der Waals surface area (Å²) in [5, 5.41) is 0. The molecule has 3 rings (SSSR count). The van der Waals surface area contributed by atoms with E-state index in [1.165, 1.54) is 0 Å². The molecule has 0 aliphatic carbocycles. The molecule has 0 aromatic rings. The first-order valence-electron chi connectivity index (χ1n) is 7.27. The predicted octanol–water partition coefficient (Wildman–Crippen LogP) is -0.689. The maximum absolute atomic E-state index is 11.8. The molecule has 0 aromatic carbocycles. The predicted molar refractivity (Wildman–Crippen MR) is 77.3 cm³/mol. The first-order valence-corrected chi connectivity index (χ1v) is 7.27. The third-order valence-electron chi connectivity index (χ3n) is 4.43. The molecule has 0 spiro atoms. The summed E-state index contributed by atoms with van der Waals surface area (Å²) in [5.41, 5.74) is 0. The fourth-order valence-corrected chi connectivity index (χ4v) is 3.02. The number of hydrogen-bond acceptors (Lipinski definition) is 4. The van der Waals surface area contributed by atoms with Crippen molar-refractivity contribution < 1.29 is 9.59 Å². The van der Waals surface area contributed by atoms with Gasteiger partial charge in [0.05, 0.1) is 13.1 Å².